The van der Waals surface area contributed by atoms with Crippen molar-refractivity contribution >= 4 is 5.91 Å². The number of ether oxygens (including phenoxy) is 2. The first-order chi connectivity index (χ1) is 11.8. The number of benzene rings is 1. The summed E-state index contributed by atoms with van der Waals surface area (Å²) >= 11 is 0. The van der Waals surface area contributed by atoms with E-state index in [0.717, 1.165) is 39.0 Å². The van der Waals surface area contributed by atoms with Crippen LogP contribution in [0.25, 0.3) is 0 Å². The van der Waals surface area contributed by atoms with Gasteiger partial charge in [-0.1, -0.05) is 19.1 Å². The van der Waals surface area contributed by atoms with E-state index in [4.69, 9.17) is 9.47 Å². The average Bonchev–Trinajstić information content (AvgIpc) is 3.29. The summed E-state index contributed by atoms with van der Waals surface area (Å²) in [4.78, 5) is 15.0. The highest BCUT2D eigenvalue weighted by molar-refractivity contribution is 5.96. The van der Waals surface area contributed by atoms with Crippen LogP contribution in [-0.4, -0.2) is 55.8 Å². The van der Waals surface area contributed by atoms with Gasteiger partial charge in [-0.15, -0.1) is 0 Å². The molecule has 0 saturated carbocycles. The molecule has 0 aromatic heterocycles. The zero-order chi connectivity index (χ0) is 16.8. The molecular weight excluding hydrogens is 304 g/mol. The van der Waals surface area contributed by atoms with E-state index in [-0.39, 0.29) is 12.0 Å². The molecule has 0 radical (unpaired) electrons. The number of hydrogen-bond acceptors (Lipinski definition) is 4. The van der Waals surface area contributed by atoms with Crippen LogP contribution in [0.4, 0.5) is 0 Å². The zero-order valence-electron chi connectivity index (χ0n) is 14.5. The fourth-order valence-corrected chi connectivity index (χ4v) is 3.59. The third kappa shape index (κ3) is 4.28. The number of likely N-dealkylation sites (N-methyl/N-ethyl adjacent to an activating group) is 1. The number of likely N-dealkylation sites (tertiary alicyclic amines) is 1. The monoisotopic (exact) mass is 332 g/mol. The molecule has 2 heterocycles. The third-order valence-electron chi connectivity index (χ3n) is 4.98. The van der Waals surface area contributed by atoms with Gasteiger partial charge < -0.3 is 14.8 Å². The molecule has 0 aliphatic carbocycles. The van der Waals surface area contributed by atoms with E-state index in [1.807, 2.05) is 24.3 Å². The Hall–Kier alpha value is -1.59. The smallest absolute Gasteiger partial charge is 0.255 e. The van der Waals surface area contributed by atoms with Gasteiger partial charge in [-0.2, -0.15) is 0 Å². The highest BCUT2D eigenvalue weighted by Crippen LogP contribution is 2.21. The first-order valence-electron chi connectivity index (χ1n) is 9.13. The number of nitrogens with one attached hydrogen (secondary N) is 1. The molecule has 2 fully saturated rings. The number of nitrogens with zero attached hydrogens (tertiary/aromatic N) is 1. The molecular formula is C19H28N2O3. The van der Waals surface area contributed by atoms with Gasteiger partial charge in [-0.3, -0.25) is 9.69 Å². The van der Waals surface area contributed by atoms with Crippen molar-refractivity contribution in [1.82, 2.24) is 10.2 Å². The molecule has 1 N–H and O–H groups in total. The number of carbonyl (C=O) groups excluding carboxylic acids is 1. The molecule has 2 atom stereocenters. The topological polar surface area (TPSA) is 50.8 Å². The zero-order valence-corrected chi connectivity index (χ0v) is 14.5. The van der Waals surface area contributed by atoms with E-state index >= 15 is 0 Å². The number of rotatable bonds is 7. The summed E-state index contributed by atoms with van der Waals surface area (Å²) in [5.74, 6) is 0.588. The van der Waals surface area contributed by atoms with E-state index < -0.39 is 0 Å². The van der Waals surface area contributed by atoms with Crippen molar-refractivity contribution in [1.29, 1.82) is 0 Å². The van der Waals surface area contributed by atoms with Crippen molar-refractivity contribution in [3.05, 3.63) is 29.8 Å². The summed E-state index contributed by atoms with van der Waals surface area (Å²) in [5, 5.41) is 3.08. The SMILES string of the molecule is CCN1CCCC1CNC(=O)c1ccccc1OCC1CCCO1. The number of para-hydroxylation sites is 1. The second kappa shape index (κ2) is 8.49. The molecule has 3 rings (SSSR count). The Morgan fingerprint density at radius 1 is 1.33 bits per heavy atom. The van der Waals surface area contributed by atoms with Crippen LogP contribution in [0.15, 0.2) is 24.3 Å². The van der Waals surface area contributed by atoms with Crippen molar-refractivity contribution in [3.8, 4) is 5.75 Å². The fraction of sp³-hybridized carbons (Fsp3) is 0.632. The molecule has 2 aliphatic rings. The number of amides is 1. The maximum absolute atomic E-state index is 12.6. The van der Waals surface area contributed by atoms with Gasteiger partial charge in [0, 0.05) is 19.2 Å². The van der Waals surface area contributed by atoms with Crippen LogP contribution >= 0.6 is 0 Å². The van der Waals surface area contributed by atoms with Crippen LogP contribution < -0.4 is 10.1 Å². The predicted molar refractivity (Wildman–Crippen MR) is 93.5 cm³/mol. The Kier molecular flexibility index (Phi) is 6.10. The Morgan fingerprint density at radius 3 is 3.00 bits per heavy atom. The second-order valence-corrected chi connectivity index (χ2v) is 6.58. The first-order valence-corrected chi connectivity index (χ1v) is 9.13. The van der Waals surface area contributed by atoms with Crippen molar-refractivity contribution in [2.24, 2.45) is 0 Å². The number of carbonyl (C=O) groups is 1. The summed E-state index contributed by atoms with van der Waals surface area (Å²) in [5.41, 5.74) is 0.608. The van der Waals surface area contributed by atoms with E-state index in [0.29, 0.717) is 30.5 Å². The minimum absolute atomic E-state index is 0.0547. The molecule has 0 spiro atoms. The van der Waals surface area contributed by atoms with Gasteiger partial charge in [0.25, 0.3) is 5.91 Å². The summed E-state index contributed by atoms with van der Waals surface area (Å²) in [6.07, 6.45) is 4.65. The Bertz CT molecular complexity index is 543. The highest BCUT2D eigenvalue weighted by Gasteiger charge is 2.24. The lowest BCUT2D eigenvalue weighted by molar-refractivity contribution is 0.0670. The molecule has 5 heteroatoms. The van der Waals surface area contributed by atoms with Gasteiger partial charge >= 0.3 is 0 Å². The van der Waals surface area contributed by atoms with Gasteiger partial charge in [0.2, 0.25) is 0 Å². The van der Waals surface area contributed by atoms with E-state index in [1.165, 1.54) is 6.42 Å². The normalized spacial score (nSPS) is 24.2. The van der Waals surface area contributed by atoms with Crippen LogP contribution in [0, 0.1) is 0 Å². The lowest BCUT2D eigenvalue weighted by Gasteiger charge is -2.23. The van der Waals surface area contributed by atoms with Gasteiger partial charge in [-0.25, -0.2) is 0 Å². The highest BCUT2D eigenvalue weighted by atomic mass is 16.5. The van der Waals surface area contributed by atoms with E-state index in [9.17, 15) is 4.79 Å². The van der Waals surface area contributed by atoms with E-state index in [2.05, 4.69) is 17.1 Å². The minimum atomic E-state index is -0.0547. The van der Waals surface area contributed by atoms with Crippen LogP contribution in [0.5, 0.6) is 5.75 Å². The Labute approximate surface area is 144 Å². The van der Waals surface area contributed by atoms with Gasteiger partial charge in [0.05, 0.1) is 11.7 Å². The van der Waals surface area contributed by atoms with Crippen LogP contribution in [0.1, 0.15) is 43.0 Å². The first kappa shape index (κ1) is 17.2. The summed E-state index contributed by atoms with van der Waals surface area (Å²) < 4.78 is 11.4. The van der Waals surface area contributed by atoms with Crippen LogP contribution in [0.2, 0.25) is 0 Å². The van der Waals surface area contributed by atoms with Crippen molar-refractivity contribution in [2.45, 2.75) is 44.8 Å². The van der Waals surface area contributed by atoms with Gasteiger partial charge in [-0.05, 0) is 50.9 Å². The van der Waals surface area contributed by atoms with Crippen molar-refractivity contribution in [3.63, 3.8) is 0 Å². The molecule has 1 aromatic carbocycles. The maximum Gasteiger partial charge on any atom is 0.255 e. The minimum Gasteiger partial charge on any atom is -0.490 e. The third-order valence-corrected chi connectivity index (χ3v) is 4.98. The quantitative estimate of drug-likeness (QED) is 0.833. The Balaban J connectivity index is 1.55. The molecule has 132 valence electrons. The van der Waals surface area contributed by atoms with Crippen molar-refractivity contribution in [2.75, 3.05) is 32.8 Å². The summed E-state index contributed by atoms with van der Waals surface area (Å²) in [7, 11) is 0. The summed E-state index contributed by atoms with van der Waals surface area (Å²) in [6.45, 7) is 6.38. The Morgan fingerprint density at radius 2 is 2.21 bits per heavy atom. The summed E-state index contributed by atoms with van der Waals surface area (Å²) in [6, 6.07) is 7.92. The van der Waals surface area contributed by atoms with Gasteiger partial charge in [0.15, 0.2) is 0 Å². The lowest BCUT2D eigenvalue weighted by atomic mass is 10.1. The molecule has 24 heavy (non-hydrogen) atoms. The largest absolute Gasteiger partial charge is 0.490 e. The molecule has 2 saturated heterocycles. The number of hydrogen-bond donors (Lipinski definition) is 1. The second-order valence-electron chi connectivity index (χ2n) is 6.58. The maximum atomic E-state index is 12.6. The van der Waals surface area contributed by atoms with E-state index in [1.54, 1.807) is 0 Å². The molecule has 2 aliphatic heterocycles. The standard InChI is InChI=1S/C19H28N2O3/c1-2-21-11-5-7-15(21)13-20-19(22)17-9-3-4-10-18(17)24-14-16-8-6-12-23-16/h3-4,9-10,15-16H,2,5-8,11-14H2,1H3,(H,20,22). The van der Waals surface area contributed by atoms with Crippen LogP contribution in [0.3, 0.4) is 0 Å². The molecule has 1 amide bonds. The van der Waals surface area contributed by atoms with Crippen LogP contribution in [-0.2, 0) is 4.74 Å². The molecule has 1 aromatic rings. The van der Waals surface area contributed by atoms with Crippen molar-refractivity contribution < 1.29 is 14.3 Å². The predicted octanol–water partition coefficient (Wildman–Crippen LogP) is 2.46. The van der Waals surface area contributed by atoms with Gasteiger partial charge in [0.1, 0.15) is 12.4 Å². The molecule has 2 unspecified atom stereocenters. The average molecular weight is 332 g/mol. The lowest BCUT2D eigenvalue weighted by Crippen LogP contribution is -2.40. The molecule has 5 nitrogen and oxygen atoms in total. The fourth-order valence-electron chi connectivity index (χ4n) is 3.59. The molecule has 0 bridgehead atoms.